The quantitative estimate of drug-likeness (QED) is 0.827. The lowest BCUT2D eigenvalue weighted by Gasteiger charge is -2.16. The van der Waals surface area contributed by atoms with Gasteiger partial charge in [-0.25, -0.2) is 4.98 Å². The van der Waals surface area contributed by atoms with Gasteiger partial charge in [-0.3, -0.25) is 9.69 Å². The summed E-state index contributed by atoms with van der Waals surface area (Å²) in [5.41, 5.74) is 10.9. The number of rotatable bonds is 5. The van der Waals surface area contributed by atoms with E-state index in [-0.39, 0.29) is 5.91 Å². The van der Waals surface area contributed by atoms with Gasteiger partial charge >= 0.3 is 0 Å². The molecule has 0 fully saturated rings. The molecule has 5 nitrogen and oxygen atoms in total. The maximum Gasteiger partial charge on any atom is 0.238 e. The second-order valence-electron chi connectivity index (χ2n) is 4.74. The highest BCUT2D eigenvalue weighted by Gasteiger charge is 2.11. The number of nitrogen functional groups attached to an aromatic ring is 1. The van der Waals surface area contributed by atoms with Crippen molar-refractivity contribution in [3.05, 3.63) is 40.3 Å². The molecule has 0 aliphatic heterocycles. The number of likely N-dealkylation sites (N-methyl/N-ethyl adjacent to an activating group) is 1. The Kier molecular flexibility index (Phi) is 4.70. The largest absolute Gasteiger partial charge is 0.397 e. The van der Waals surface area contributed by atoms with Crippen molar-refractivity contribution in [3.63, 3.8) is 0 Å². The number of nitrogens with two attached hydrogens (primary N) is 1. The molecule has 3 N–H and O–H groups in total. The number of nitrogens with zero attached hydrogens (tertiary/aromatic N) is 2. The number of aromatic nitrogens is 1. The topological polar surface area (TPSA) is 71.2 Å². The standard InChI is InChI=1S/C14H18N4OS/c1-10-4-3-5-12(15)14(10)17-13(19)7-18(2)6-11-8-20-9-16-11/h3-5,8-9H,6-7,15H2,1-2H3,(H,17,19). The molecule has 0 spiro atoms. The van der Waals surface area contributed by atoms with E-state index in [9.17, 15) is 4.79 Å². The van der Waals surface area contributed by atoms with E-state index in [1.165, 1.54) is 0 Å². The van der Waals surface area contributed by atoms with Crippen LogP contribution >= 0.6 is 11.3 Å². The fourth-order valence-corrected chi connectivity index (χ4v) is 2.48. The third-order valence-corrected chi connectivity index (χ3v) is 3.53. The Labute approximate surface area is 122 Å². The van der Waals surface area contributed by atoms with Gasteiger partial charge < -0.3 is 11.1 Å². The fraction of sp³-hybridized carbons (Fsp3) is 0.286. The number of hydrogen-bond acceptors (Lipinski definition) is 5. The molecule has 0 saturated carbocycles. The van der Waals surface area contributed by atoms with Gasteiger partial charge in [-0.2, -0.15) is 0 Å². The van der Waals surface area contributed by atoms with Crippen LogP contribution in [0.5, 0.6) is 0 Å². The van der Waals surface area contributed by atoms with Gasteiger partial charge in [0, 0.05) is 11.9 Å². The summed E-state index contributed by atoms with van der Waals surface area (Å²) in [7, 11) is 1.89. The highest BCUT2D eigenvalue weighted by molar-refractivity contribution is 7.07. The first-order chi connectivity index (χ1) is 9.56. The summed E-state index contributed by atoms with van der Waals surface area (Å²) in [6.45, 7) is 2.87. The molecule has 0 bridgehead atoms. The van der Waals surface area contributed by atoms with Gasteiger partial charge in [-0.1, -0.05) is 12.1 Å². The van der Waals surface area contributed by atoms with E-state index >= 15 is 0 Å². The molecule has 0 aliphatic rings. The van der Waals surface area contributed by atoms with Crippen LogP contribution in [0.3, 0.4) is 0 Å². The smallest absolute Gasteiger partial charge is 0.238 e. The van der Waals surface area contributed by atoms with E-state index in [1.807, 2.05) is 36.4 Å². The predicted molar refractivity (Wildman–Crippen MR) is 82.7 cm³/mol. The molecule has 0 radical (unpaired) electrons. The Hall–Kier alpha value is -1.92. The first kappa shape index (κ1) is 14.5. The van der Waals surface area contributed by atoms with Crippen molar-refractivity contribution in [2.24, 2.45) is 0 Å². The van der Waals surface area contributed by atoms with Crippen LogP contribution in [0.4, 0.5) is 11.4 Å². The highest BCUT2D eigenvalue weighted by atomic mass is 32.1. The number of carbonyl (C=O) groups excluding carboxylic acids is 1. The molecule has 1 heterocycles. The first-order valence-corrected chi connectivity index (χ1v) is 7.21. The maximum atomic E-state index is 12.0. The van der Waals surface area contributed by atoms with E-state index < -0.39 is 0 Å². The molecule has 0 atom stereocenters. The van der Waals surface area contributed by atoms with E-state index in [2.05, 4.69) is 10.3 Å². The fourth-order valence-electron chi connectivity index (χ4n) is 1.93. The third-order valence-electron chi connectivity index (χ3n) is 2.90. The summed E-state index contributed by atoms with van der Waals surface area (Å²) in [4.78, 5) is 18.1. The zero-order chi connectivity index (χ0) is 14.5. The first-order valence-electron chi connectivity index (χ1n) is 6.27. The molecule has 20 heavy (non-hydrogen) atoms. The second-order valence-corrected chi connectivity index (χ2v) is 5.46. The molecule has 1 amide bonds. The molecule has 2 rings (SSSR count). The second kappa shape index (κ2) is 6.49. The zero-order valence-electron chi connectivity index (χ0n) is 11.6. The molecule has 6 heteroatoms. The predicted octanol–water partition coefficient (Wildman–Crippen LogP) is 2.10. The van der Waals surface area contributed by atoms with Crippen molar-refractivity contribution in [3.8, 4) is 0 Å². The Balaban J connectivity index is 1.92. The van der Waals surface area contributed by atoms with Crippen LogP contribution < -0.4 is 11.1 Å². The lowest BCUT2D eigenvalue weighted by atomic mass is 10.1. The van der Waals surface area contributed by atoms with Crippen LogP contribution in [0.25, 0.3) is 0 Å². The molecule has 2 aromatic rings. The summed E-state index contributed by atoms with van der Waals surface area (Å²) >= 11 is 1.55. The summed E-state index contributed by atoms with van der Waals surface area (Å²) in [6, 6.07) is 5.57. The molecule has 0 unspecified atom stereocenters. The minimum Gasteiger partial charge on any atom is -0.397 e. The summed E-state index contributed by atoms with van der Waals surface area (Å²) < 4.78 is 0. The Morgan fingerprint density at radius 1 is 1.50 bits per heavy atom. The number of thiazole rings is 1. The van der Waals surface area contributed by atoms with Crippen molar-refractivity contribution < 1.29 is 4.79 Å². The Morgan fingerprint density at radius 2 is 2.30 bits per heavy atom. The summed E-state index contributed by atoms with van der Waals surface area (Å²) in [5.74, 6) is -0.0799. The number of para-hydroxylation sites is 1. The number of amides is 1. The zero-order valence-corrected chi connectivity index (χ0v) is 12.4. The van der Waals surface area contributed by atoms with Crippen LogP contribution in [0.2, 0.25) is 0 Å². The lowest BCUT2D eigenvalue weighted by Crippen LogP contribution is -2.30. The van der Waals surface area contributed by atoms with E-state index in [0.29, 0.717) is 24.5 Å². The van der Waals surface area contributed by atoms with Gasteiger partial charge in [0.15, 0.2) is 0 Å². The number of anilines is 2. The van der Waals surface area contributed by atoms with E-state index in [1.54, 1.807) is 22.9 Å². The molecular formula is C14H18N4OS. The van der Waals surface area contributed by atoms with Crippen molar-refractivity contribution in [2.75, 3.05) is 24.6 Å². The molecule has 0 saturated heterocycles. The van der Waals surface area contributed by atoms with Gasteiger partial charge in [0.25, 0.3) is 0 Å². The lowest BCUT2D eigenvalue weighted by molar-refractivity contribution is -0.117. The number of aryl methyl sites for hydroxylation is 1. The molecule has 1 aromatic heterocycles. The maximum absolute atomic E-state index is 12.0. The van der Waals surface area contributed by atoms with Crippen molar-refractivity contribution in [1.29, 1.82) is 0 Å². The number of benzene rings is 1. The van der Waals surface area contributed by atoms with Crippen molar-refractivity contribution in [2.45, 2.75) is 13.5 Å². The minimum absolute atomic E-state index is 0.0799. The number of hydrogen-bond donors (Lipinski definition) is 2. The molecular weight excluding hydrogens is 272 g/mol. The summed E-state index contributed by atoms with van der Waals surface area (Å²) in [6.07, 6.45) is 0. The number of nitrogens with one attached hydrogen (secondary N) is 1. The highest BCUT2D eigenvalue weighted by Crippen LogP contribution is 2.22. The van der Waals surface area contributed by atoms with E-state index in [0.717, 1.165) is 11.3 Å². The van der Waals surface area contributed by atoms with Gasteiger partial charge in [-0.05, 0) is 25.6 Å². The van der Waals surface area contributed by atoms with Gasteiger partial charge in [0.2, 0.25) is 5.91 Å². The Bertz CT molecular complexity index is 563. The summed E-state index contributed by atoms with van der Waals surface area (Å²) in [5, 5.41) is 4.85. The van der Waals surface area contributed by atoms with Gasteiger partial charge in [0.1, 0.15) is 0 Å². The van der Waals surface area contributed by atoms with Crippen molar-refractivity contribution >= 4 is 28.6 Å². The normalized spacial score (nSPS) is 10.8. The van der Waals surface area contributed by atoms with Crippen LogP contribution in [0.15, 0.2) is 29.1 Å². The van der Waals surface area contributed by atoms with E-state index in [4.69, 9.17) is 5.73 Å². The monoisotopic (exact) mass is 290 g/mol. The minimum atomic E-state index is -0.0799. The van der Waals surface area contributed by atoms with Crippen molar-refractivity contribution in [1.82, 2.24) is 9.88 Å². The molecule has 106 valence electrons. The van der Waals surface area contributed by atoms with Gasteiger partial charge in [0.05, 0.1) is 29.1 Å². The molecule has 1 aromatic carbocycles. The van der Waals surface area contributed by atoms with Crippen LogP contribution in [-0.4, -0.2) is 29.4 Å². The Morgan fingerprint density at radius 3 is 2.95 bits per heavy atom. The van der Waals surface area contributed by atoms with Crippen LogP contribution in [0, 0.1) is 6.92 Å². The average molecular weight is 290 g/mol. The number of carbonyl (C=O) groups is 1. The SMILES string of the molecule is Cc1cccc(N)c1NC(=O)CN(C)Cc1cscn1. The average Bonchev–Trinajstić information content (AvgIpc) is 2.86. The van der Waals surface area contributed by atoms with Crippen LogP contribution in [-0.2, 0) is 11.3 Å². The van der Waals surface area contributed by atoms with Crippen LogP contribution in [0.1, 0.15) is 11.3 Å². The third kappa shape index (κ3) is 3.79. The molecule has 0 aliphatic carbocycles. The van der Waals surface area contributed by atoms with Gasteiger partial charge in [-0.15, -0.1) is 11.3 Å².